The first-order chi connectivity index (χ1) is 15.3. The van der Waals surface area contributed by atoms with Crippen molar-refractivity contribution < 1.29 is 23.8 Å². The SMILES string of the molecule is CCOc1ccc(/C(O)=C2/C(=O)C(=O)N(c3cccc(F)c3)C2c2sccc2C)cc1C. The van der Waals surface area contributed by atoms with Crippen LogP contribution in [0.4, 0.5) is 10.1 Å². The van der Waals surface area contributed by atoms with E-state index in [9.17, 15) is 19.1 Å². The van der Waals surface area contributed by atoms with Crippen LogP contribution in [0.2, 0.25) is 0 Å². The second-order valence-electron chi connectivity index (χ2n) is 7.53. The fourth-order valence-electron chi connectivity index (χ4n) is 3.91. The lowest BCUT2D eigenvalue weighted by molar-refractivity contribution is -0.132. The lowest BCUT2D eigenvalue weighted by atomic mass is 9.97. The zero-order valence-electron chi connectivity index (χ0n) is 17.9. The van der Waals surface area contributed by atoms with Crippen molar-refractivity contribution in [1.29, 1.82) is 0 Å². The van der Waals surface area contributed by atoms with Crippen molar-refractivity contribution in [3.63, 3.8) is 0 Å². The number of hydrogen-bond acceptors (Lipinski definition) is 5. The number of rotatable bonds is 5. The van der Waals surface area contributed by atoms with E-state index >= 15 is 0 Å². The molecule has 1 saturated heterocycles. The van der Waals surface area contributed by atoms with Crippen LogP contribution in [0.1, 0.15) is 34.5 Å². The summed E-state index contributed by atoms with van der Waals surface area (Å²) < 4.78 is 19.5. The molecular weight excluding hydrogens is 429 g/mol. The smallest absolute Gasteiger partial charge is 0.300 e. The van der Waals surface area contributed by atoms with Crippen LogP contribution in [0.3, 0.4) is 0 Å². The molecular formula is C25H22FNO4S. The second-order valence-corrected chi connectivity index (χ2v) is 8.48. The maximum absolute atomic E-state index is 14.0. The first kappa shape index (κ1) is 21.8. The van der Waals surface area contributed by atoms with Gasteiger partial charge in [-0.05, 0) is 79.7 Å². The number of anilines is 1. The molecule has 164 valence electrons. The second kappa shape index (κ2) is 8.59. The third-order valence-corrected chi connectivity index (χ3v) is 6.50. The van der Waals surface area contributed by atoms with E-state index in [1.54, 1.807) is 24.3 Å². The maximum Gasteiger partial charge on any atom is 0.300 e. The van der Waals surface area contributed by atoms with Gasteiger partial charge in [0.15, 0.2) is 0 Å². The summed E-state index contributed by atoms with van der Waals surface area (Å²) in [6.07, 6.45) is 0. The van der Waals surface area contributed by atoms with Crippen LogP contribution < -0.4 is 9.64 Å². The number of aliphatic hydroxyl groups is 1. The van der Waals surface area contributed by atoms with E-state index in [1.165, 1.54) is 34.4 Å². The molecule has 1 fully saturated rings. The molecule has 1 aromatic heterocycles. The molecule has 3 aromatic rings. The Bertz CT molecular complexity index is 1250. The number of halogens is 1. The van der Waals surface area contributed by atoms with Crippen LogP contribution in [0.25, 0.3) is 5.76 Å². The van der Waals surface area contributed by atoms with Gasteiger partial charge >= 0.3 is 0 Å². The molecule has 0 spiro atoms. The van der Waals surface area contributed by atoms with Crippen molar-refractivity contribution in [1.82, 2.24) is 0 Å². The monoisotopic (exact) mass is 451 g/mol. The summed E-state index contributed by atoms with van der Waals surface area (Å²) in [5.41, 5.74) is 2.30. The normalized spacial score (nSPS) is 17.8. The minimum absolute atomic E-state index is 0.0200. The van der Waals surface area contributed by atoms with Crippen LogP contribution in [-0.4, -0.2) is 23.4 Å². The first-order valence-electron chi connectivity index (χ1n) is 10.2. The molecule has 1 aliphatic heterocycles. The van der Waals surface area contributed by atoms with Crippen molar-refractivity contribution >= 4 is 34.5 Å². The third-order valence-electron chi connectivity index (χ3n) is 5.43. The molecule has 1 amide bonds. The molecule has 1 N–H and O–H groups in total. The molecule has 0 radical (unpaired) electrons. The van der Waals surface area contributed by atoms with E-state index in [-0.39, 0.29) is 17.0 Å². The first-order valence-corrected chi connectivity index (χ1v) is 11.1. The number of aryl methyl sites for hydroxylation is 2. The molecule has 0 saturated carbocycles. The van der Waals surface area contributed by atoms with Gasteiger partial charge in [-0.2, -0.15) is 0 Å². The van der Waals surface area contributed by atoms with Gasteiger partial charge in [-0.15, -0.1) is 11.3 Å². The number of amides is 1. The van der Waals surface area contributed by atoms with Gasteiger partial charge in [0, 0.05) is 16.1 Å². The molecule has 0 aliphatic carbocycles. The van der Waals surface area contributed by atoms with Crippen molar-refractivity contribution in [2.24, 2.45) is 0 Å². The van der Waals surface area contributed by atoms with Crippen molar-refractivity contribution in [2.75, 3.05) is 11.5 Å². The Kier molecular flexibility index (Phi) is 5.84. The summed E-state index contributed by atoms with van der Waals surface area (Å²) in [6, 6.07) is 11.7. The Labute approximate surface area is 189 Å². The van der Waals surface area contributed by atoms with Gasteiger partial charge in [0.1, 0.15) is 23.4 Å². The molecule has 4 rings (SSSR count). The van der Waals surface area contributed by atoms with Crippen molar-refractivity contribution in [3.05, 3.63) is 86.9 Å². The molecule has 0 bridgehead atoms. The molecule has 32 heavy (non-hydrogen) atoms. The van der Waals surface area contributed by atoms with Gasteiger partial charge in [-0.3, -0.25) is 14.5 Å². The van der Waals surface area contributed by atoms with Crippen molar-refractivity contribution in [3.8, 4) is 5.75 Å². The highest BCUT2D eigenvalue weighted by Crippen LogP contribution is 2.45. The fraction of sp³-hybridized carbons (Fsp3) is 0.200. The number of benzene rings is 2. The minimum atomic E-state index is -0.858. The summed E-state index contributed by atoms with van der Waals surface area (Å²) >= 11 is 1.38. The third kappa shape index (κ3) is 3.69. The Morgan fingerprint density at radius 1 is 1.12 bits per heavy atom. The highest BCUT2D eigenvalue weighted by atomic mass is 32.1. The van der Waals surface area contributed by atoms with Crippen molar-refractivity contribution in [2.45, 2.75) is 26.8 Å². The van der Waals surface area contributed by atoms with Gasteiger partial charge in [0.05, 0.1) is 12.2 Å². The summed E-state index contributed by atoms with van der Waals surface area (Å²) in [6.45, 7) is 6.10. The van der Waals surface area contributed by atoms with E-state index in [0.717, 1.165) is 16.0 Å². The predicted molar refractivity (Wildman–Crippen MR) is 123 cm³/mol. The van der Waals surface area contributed by atoms with Gasteiger partial charge in [-0.25, -0.2) is 4.39 Å². The molecule has 2 aromatic carbocycles. The summed E-state index contributed by atoms with van der Waals surface area (Å²) in [4.78, 5) is 28.2. The standard InChI is InChI=1S/C25H22FNO4S/c1-4-31-19-9-8-16(12-15(19)3)22(28)20-21(24-14(2)10-11-32-24)27(25(30)23(20)29)18-7-5-6-17(26)13-18/h5-13,21,28H,4H2,1-3H3/b22-20-. The van der Waals surface area contributed by atoms with E-state index in [2.05, 4.69) is 0 Å². The zero-order valence-corrected chi connectivity index (χ0v) is 18.7. The Hall–Kier alpha value is -3.45. The average molecular weight is 452 g/mol. The fourth-order valence-corrected chi connectivity index (χ4v) is 4.93. The summed E-state index contributed by atoms with van der Waals surface area (Å²) in [5, 5.41) is 13.1. The number of carbonyl (C=O) groups excluding carboxylic acids is 2. The Morgan fingerprint density at radius 3 is 2.53 bits per heavy atom. The van der Waals surface area contributed by atoms with E-state index in [1.807, 2.05) is 32.2 Å². The number of thiophene rings is 1. The number of nitrogens with zero attached hydrogens (tertiary/aromatic N) is 1. The lowest BCUT2D eigenvalue weighted by Gasteiger charge is -2.25. The largest absolute Gasteiger partial charge is 0.507 e. The zero-order chi connectivity index (χ0) is 23.0. The predicted octanol–water partition coefficient (Wildman–Crippen LogP) is 5.53. The number of carbonyl (C=O) groups is 2. The van der Waals surface area contributed by atoms with Crippen LogP contribution in [0, 0.1) is 19.7 Å². The Morgan fingerprint density at radius 2 is 1.91 bits per heavy atom. The van der Waals surface area contributed by atoms with Crippen LogP contribution >= 0.6 is 11.3 Å². The van der Waals surface area contributed by atoms with Crippen LogP contribution in [-0.2, 0) is 9.59 Å². The highest BCUT2D eigenvalue weighted by molar-refractivity contribution is 7.10. The number of aliphatic hydroxyl groups excluding tert-OH is 1. The topological polar surface area (TPSA) is 66.8 Å². The van der Waals surface area contributed by atoms with Crippen LogP contribution in [0.5, 0.6) is 5.75 Å². The van der Waals surface area contributed by atoms with E-state index in [0.29, 0.717) is 17.9 Å². The quantitative estimate of drug-likeness (QED) is 0.315. The molecule has 5 nitrogen and oxygen atoms in total. The summed E-state index contributed by atoms with van der Waals surface area (Å²) in [5.74, 6) is -1.73. The van der Waals surface area contributed by atoms with Gasteiger partial charge < -0.3 is 9.84 Å². The number of ether oxygens (including phenoxy) is 1. The molecule has 7 heteroatoms. The van der Waals surface area contributed by atoms with Gasteiger partial charge in [0.25, 0.3) is 11.7 Å². The van der Waals surface area contributed by atoms with Gasteiger partial charge in [-0.1, -0.05) is 6.07 Å². The van der Waals surface area contributed by atoms with Gasteiger partial charge in [0.2, 0.25) is 0 Å². The lowest BCUT2D eigenvalue weighted by Crippen LogP contribution is -2.29. The molecule has 1 atom stereocenters. The van der Waals surface area contributed by atoms with Crippen LogP contribution in [0.15, 0.2) is 59.5 Å². The average Bonchev–Trinajstić information content (AvgIpc) is 3.29. The number of hydrogen-bond donors (Lipinski definition) is 1. The highest BCUT2D eigenvalue weighted by Gasteiger charge is 2.48. The Balaban J connectivity index is 1.92. The number of Topliss-reactive ketones (excluding diaryl/α,β-unsaturated/α-hetero) is 1. The summed E-state index contributed by atoms with van der Waals surface area (Å²) in [7, 11) is 0. The van der Waals surface area contributed by atoms with E-state index in [4.69, 9.17) is 4.74 Å². The molecule has 1 unspecified atom stereocenters. The molecule has 2 heterocycles. The number of ketones is 1. The molecule has 1 aliphatic rings. The van der Waals surface area contributed by atoms with E-state index < -0.39 is 23.5 Å². The maximum atomic E-state index is 14.0. The minimum Gasteiger partial charge on any atom is -0.507 e.